The number of benzene rings is 1. The summed E-state index contributed by atoms with van der Waals surface area (Å²) in [6, 6.07) is 4.92. The SMILES string of the molecule is CCOc1ccc(NC(=S)NCCCSC)cc1S(=O)(=O)N(C)C. The molecule has 9 heteroatoms. The van der Waals surface area contributed by atoms with Gasteiger partial charge in [0.15, 0.2) is 5.11 Å². The normalized spacial score (nSPS) is 11.4. The molecule has 0 spiro atoms. The van der Waals surface area contributed by atoms with Gasteiger partial charge in [0.05, 0.1) is 6.61 Å². The Kier molecular flexibility index (Phi) is 8.82. The minimum Gasteiger partial charge on any atom is -0.492 e. The van der Waals surface area contributed by atoms with Gasteiger partial charge in [-0.2, -0.15) is 11.8 Å². The second kappa shape index (κ2) is 10.1. The smallest absolute Gasteiger partial charge is 0.246 e. The maximum absolute atomic E-state index is 12.5. The molecule has 2 N–H and O–H groups in total. The van der Waals surface area contributed by atoms with Gasteiger partial charge < -0.3 is 15.4 Å². The Bertz CT molecular complexity index is 649. The average Bonchev–Trinajstić information content (AvgIpc) is 2.53. The van der Waals surface area contributed by atoms with E-state index in [0.717, 1.165) is 23.0 Å². The zero-order valence-electron chi connectivity index (χ0n) is 14.5. The van der Waals surface area contributed by atoms with E-state index in [1.54, 1.807) is 23.9 Å². The van der Waals surface area contributed by atoms with Crippen LogP contribution in [0.2, 0.25) is 0 Å². The molecule has 24 heavy (non-hydrogen) atoms. The van der Waals surface area contributed by atoms with Crippen LogP contribution in [-0.4, -0.2) is 57.1 Å². The van der Waals surface area contributed by atoms with Crippen LogP contribution in [0.25, 0.3) is 0 Å². The molecule has 0 fully saturated rings. The van der Waals surface area contributed by atoms with E-state index in [4.69, 9.17) is 17.0 Å². The third kappa shape index (κ3) is 6.12. The maximum atomic E-state index is 12.5. The van der Waals surface area contributed by atoms with Crippen LogP contribution in [0.15, 0.2) is 23.1 Å². The van der Waals surface area contributed by atoms with Crippen LogP contribution in [0.5, 0.6) is 5.75 Å². The second-order valence-corrected chi connectivity index (χ2v) is 8.62. The van der Waals surface area contributed by atoms with E-state index in [2.05, 4.69) is 16.9 Å². The fourth-order valence-electron chi connectivity index (χ4n) is 1.85. The molecule has 1 rings (SSSR count). The minimum atomic E-state index is -3.61. The molecular weight excluding hydrogens is 366 g/mol. The summed E-state index contributed by atoms with van der Waals surface area (Å²) in [6.45, 7) is 2.97. The molecule has 0 atom stereocenters. The lowest BCUT2D eigenvalue weighted by molar-refractivity contribution is 0.330. The molecule has 136 valence electrons. The van der Waals surface area contributed by atoms with Crippen molar-refractivity contribution in [3.05, 3.63) is 18.2 Å². The highest BCUT2D eigenvalue weighted by Gasteiger charge is 2.23. The summed E-state index contributed by atoms with van der Waals surface area (Å²) in [5, 5.41) is 6.58. The molecule has 0 aliphatic rings. The molecule has 1 aromatic carbocycles. The summed E-state index contributed by atoms with van der Waals surface area (Å²) in [5.74, 6) is 1.39. The number of ether oxygens (including phenoxy) is 1. The summed E-state index contributed by atoms with van der Waals surface area (Å²) < 4.78 is 31.6. The highest BCUT2D eigenvalue weighted by atomic mass is 32.2. The van der Waals surface area contributed by atoms with Crippen LogP contribution in [-0.2, 0) is 10.0 Å². The number of nitrogens with zero attached hydrogens (tertiary/aromatic N) is 1. The molecule has 0 aliphatic carbocycles. The minimum absolute atomic E-state index is 0.115. The van der Waals surface area contributed by atoms with E-state index >= 15 is 0 Å². The summed E-state index contributed by atoms with van der Waals surface area (Å²) in [5.41, 5.74) is 0.598. The zero-order valence-corrected chi connectivity index (χ0v) is 16.9. The standard InChI is InChI=1S/C15H25N3O3S3/c1-5-21-13-8-7-12(11-14(13)24(19,20)18(2)3)17-15(22)16-9-6-10-23-4/h7-8,11H,5-6,9-10H2,1-4H3,(H2,16,17,22). The first-order valence-electron chi connectivity index (χ1n) is 7.56. The second-order valence-electron chi connectivity index (χ2n) is 5.11. The van der Waals surface area contributed by atoms with Crippen LogP contribution in [0.1, 0.15) is 13.3 Å². The van der Waals surface area contributed by atoms with E-state index in [-0.39, 0.29) is 4.90 Å². The molecule has 6 nitrogen and oxygen atoms in total. The lowest BCUT2D eigenvalue weighted by Gasteiger charge is -2.17. The predicted molar refractivity (Wildman–Crippen MR) is 106 cm³/mol. The maximum Gasteiger partial charge on any atom is 0.246 e. The van der Waals surface area contributed by atoms with Crippen LogP contribution in [0.3, 0.4) is 0 Å². The van der Waals surface area contributed by atoms with Crippen molar-refractivity contribution in [1.29, 1.82) is 0 Å². The molecular formula is C15H25N3O3S3. The highest BCUT2D eigenvalue weighted by Crippen LogP contribution is 2.29. The molecule has 0 aromatic heterocycles. The number of anilines is 1. The van der Waals surface area contributed by atoms with Gasteiger partial charge in [-0.3, -0.25) is 0 Å². The molecule has 0 saturated heterocycles. The number of thioether (sulfide) groups is 1. The van der Waals surface area contributed by atoms with Gasteiger partial charge in [0.2, 0.25) is 10.0 Å². The predicted octanol–water partition coefficient (Wildman–Crippen LogP) is 2.38. The number of nitrogens with one attached hydrogen (secondary N) is 2. The first-order chi connectivity index (χ1) is 11.3. The van der Waals surface area contributed by atoms with Crippen LogP contribution < -0.4 is 15.4 Å². The van der Waals surface area contributed by atoms with Gasteiger partial charge >= 0.3 is 0 Å². The van der Waals surface area contributed by atoms with Crippen molar-refractivity contribution in [2.45, 2.75) is 18.2 Å². The van der Waals surface area contributed by atoms with E-state index < -0.39 is 10.0 Å². The van der Waals surface area contributed by atoms with Gasteiger partial charge in [0.25, 0.3) is 0 Å². The van der Waals surface area contributed by atoms with E-state index in [1.165, 1.54) is 20.2 Å². The third-order valence-electron chi connectivity index (χ3n) is 3.07. The Hall–Kier alpha value is -1.03. The van der Waals surface area contributed by atoms with Gasteiger partial charge in [-0.05, 0) is 55.8 Å². The summed E-state index contributed by atoms with van der Waals surface area (Å²) in [4.78, 5) is 0.115. The largest absolute Gasteiger partial charge is 0.492 e. The lowest BCUT2D eigenvalue weighted by atomic mass is 10.3. The molecule has 0 unspecified atom stereocenters. The fourth-order valence-corrected chi connectivity index (χ4v) is 3.56. The topological polar surface area (TPSA) is 70.7 Å². The van der Waals surface area contributed by atoms with Crippen molar-refractivity contribution in [2.24, 2.45) is 0 Å². The first kappa shape index (κ1) is 21.0. The number of hydrogen-bond donors (Lipinski definition) is 2. The van der Waals surface area contributed by atoms with E-state index in [1.807, 2.05) is 6.92 Å². The number of thiocarbonyl (C=S) groups is 1. The zero-order chi connectivity index (χ0) is 18.2. The molecule has 0 amide bonds. The van der Waals surface area contributed by atoms with Crippen molar-refractivity contribution in [3.8, 4) is 5.75 Å². The fraction of sp³-hybridized carbons (Fsp3) is 0.533. The van der Waals surface area contributed by atoms with Gasteiger partial charge in [0, 0.05) is 26.3 Å². The van der Waals surface area contributed by atoms with Gasteiger partial charge in [-0.15, -0.1) is 0 Å². The van der Waals surface area contributed by atoms with E-state index in [9.17, 15) is 8.42 Å². The molecule has 0 radical (unpaired) electrons. The molecule has 1 aromatic rings. The summed E-state index contributed by atoms with van der Waals surface area (Å²) in [6.07, 6.45) is 3.07. The van der Waals surface area contributed by atoms with Crippen molar-refractivity contribution in [1.82, 2.24) is 9.62 Å². The molecule has 0 bridgehead atoms. The Morgan fingerprint density at radius 3 is 2.67 bits per heavy atom. The highest BCUT2D eigenvalue weighted by molar-refractivity contribution is 7.98. The van der Waals surface area contributed by atoms with Crippen LogP contribution >= 0.6 is 24.0 Å². The Morgan fingerprint density at radius 2 is 2.08 bits per heavy atom. The Balaban J connectivity index is 2.93. The quantitative estimate of drug-likeness (QED) is 0.495. The summed E-state index contributed by atoms with van der Waals surface area (Å²) >= 11 is 7.02. The number of sulfonamides is 1. The van der Waals surface area contributed by atoms with Crippen molar-refractivity contribution < 1.29 is 13.2 Å². The molecule has 0 aliphatic heterocycles. The summed E-state index contributed by atoms with van der Waals surface area (Å²) in [7, 11) is -0.632. The van der Waals surface area contributed by atoms with Crippen molar-refractivity contribution >= 4 is 44.8 Å². The Morgan fingerprint density at radius 1 is 1.38 bits per heavy atom. The molecule has 0 heterocycles. The van der Waals surface area contributed by atoms with Gasteiger partial charge in [0.1, 0.15) is 10.6 Å². The monoisotopic (exact) mass is 391 g/mol. The van der Waals surface area contributed by atoms with Crippen molar-refractivity contribution in [2.75, 3.05) is 44.6 Å². The van der Waals surface area contributed by atoms with E-state index in [0.29, 0.717) is 23.2 Å². The number of hydrogen-bond acceptors (Lipinski definition) is 5. The first-order valence-corrected chi connectivity index (χ1v) is 10.8. The van der Waals surface area contributed by atoms with Crippen LogP contribution in [0, 0.1) is 0 Å². The van der Waals surface area contributed by atoms with Crippen molar-refractivity contribution in [3.63, 3.8) is 0 Å². The van der Waals surface area contributed by atoms with Gasteiger partial charge in [-0.25, -0.2) is 12.7 Å². The molecule has 0 saturated carbocycles. The van der Waals surface area contributed by atoms with Crippen LogP contribution in [0.4, 0.5) is 5.69 Å². The Labute approximate surface area is 154 Å². The number of rotatable bonds is 9. The van der Waals surface area contributed by atoms with Gasteiger partial charge in [-0.1, -0.05) is 0 Å². The third-order valence-corrected chi connectivity index (χ3v) is 5.85. The lowest BCUT2D eigenvalue weighted by Crippen LogP contribution is -2.29. The average molecular weight is 392 g/mol.